The summed E-state index contributed by atoms with van der Waals surface area (Å²) in [5.41, 5.74) is 6.35. The van der Waals surface area contributed by atoms with E-state index in [1.54, 1.807) is 6.92 Å². The number of H-pyrrole nitrogens is 1. The van der Waals surface area contributed by atoms with Crippen LogP contribution in [0.25, 0.3) is 0 Å². The first-order chi connectivity index (χ1) is 7.88. The van der Waals surface area contributed by atoms with Crippen LogP contribution in [-0.2, 0) is 16.6 Å². The molecule has 1 aromatic heterocycles. The number of rotatable bonds is 6. The lowest BCUT2D eigenvalue weighted by Gasteiger charge is -2.08. The normalized spacial score (nSPS) is 12.3. The lowest BCUT2D eigenvalue weighted by atomic mass is 10.1. The van der Waals surface area contributed by atoms with Crippen molar-refractivity contribution in [2.24, 2.45) is 11.7 Å². The fourth-order valence-electron chi connectivity index (χ4n) is 1.52. The molecule has 0 aromatic carbocycles. The van der Waals surface area contributed by atoms with E-state index in [0.717, 1.165) is 6.42 Å². The minimum Gasteiger partial charge on any atom is -0.325 e. The number of nitrogens with one attached hydrogen (secondary N) is 2. The third-order valence-electron chi connectivity index (χ3n) is 2.44. The van der Waals surface area contributed by atoms with Crippen LogP contribution in [-0.4, -0.2) is 25.2 Å². The first kappa shape index (κ1) is 14.1. The molecule has 0 bridgehead atoms. The lowest BCUT2D eigenvalue weighted by Crippen LogP contribution is -2.27. The highest BCUT2D eigenvalue weighted by Gasteiger charge is 2.22. The highest BCUT2D eigenvalue weighted by atomic mass is 32.2. The molecule has 6 nitrogen and oxygen atoms in total. The van der Waals surface area contributed by atoms with Crippen molar-refractivity contribution in [3.8, 4) is 0 Å². The molecule has 4 N–H and O–H groups in total. The van der Waals surface area contributed by atoms with Gasteiger partial charge in [-0.05, 0) is 19.3 Å². The van der Waals surface area contributed by atoms with Crippen molar-refractivity contribution < 1.29 is 8.42 Å². The van der Waals surface area contributed by atoms with Crippen molar-refractivity contribution in [3.05, 3.63) is 11.4 Å². The molecule has 0 saturated heterocycles. The second kappa shape index (κ2) is 5.61. The van der Waals surface area contributed by atoms with Crippen LogP contribution < -0.4 is 10.5 Å². The molecular weight excluding hydrogens is 240 g/mol. The number of hydrogen-bond acceptors (Lipinski definition) is 4. The minimum absolute atomic E-state index is 0.102. The average Bonchev–Trinajstić information content (AvgIpc) is 2.59. The first-order valence-corrected chi connectivity index (χ1v) is 7.10. The molecule has 98 valence electrons. The average molecular weight is 260 g/mol. The van der Waals surface area contributed by atoms with Gasteiger partial charge in [-0.3, -0.25) is 5.10 Å². The molecule has 0 amide bonds. The Kier molecular flexibility index (Phi) is 4.67. The van der Waals surface area contributed by atoms with Gasteiger partial charge in [0.25, 0.3) is 0 Å². The molecule has 0 aliphatic rings. The Morgan fingerprint density at radius 1 is 1.47 bits per heavy atom. The Balaban J connectivity index is 2.86. The molecule has 7 heteroatoms. The monoisotopic (exact) mass is 260 g/mol. The summed E-state index contributed by atoms with van der Waals surface area (Å²) < 4.78 is 26.7. The Morgan fingerprint density at radius 2 is 2.12 bits per heavy atom. The van der Waals surface area contributed by atoms with E-state index in [-0.39, 0.29) is 11.4 Å². The predicted molar refractivity (Wildman–Crippen MR) is 65.9 cm³/mol. The van der Waals surface area contributed by atoms with Crippen molar-refractivity contribution in [1.82, 2.24) is 14.9 Å². The highest BCUT2D eigenvalue weighted by molar-refractivity contribution is 7.89. The number of nitrogens with two attached hydrogens (primary N) is 1. The summed E-state index contributed by atoms with van der Waals surface area (Å²) in [6.07, 6.45) is 0.800. The molecule has 0 atom stereocenters. The Bertz CT molecular complexity index is 465. The molecule has 1 heterocycles. The zero-order valence-corrected chi connectivity index (χ0v) is 11.3. The van der Waals surface area contributed by atoms with Crippen LogP contribution >= 0.6 is 0 Å². The van der Waals surface area contributed by atoms with Gasteiger partial charge in [0.1, 0.15) is 4.90 Å². The van der Waals surface area contributed by atoms with Gasteiger partial charge in [-0.2, -0.15) is 5.10 Å². The minimum atomic E-state index is -3.51. The maximum atomic E-state index is 12.0. The van der Waals surface area contributed by atoms with Crippen LogP contribution in [0.2, 0.25) is 0 Å². The quantitative estimate of drug-likeness (QED) is 0.693. The van der Waals surface area contributed by atoms with Gasteiger partial charge in [0.05, 0.1) is 11.4 Å². The van der Waals surface area contributed by atoms with Crippen molar-refractivity contribution in [1.29, 1.82) is 0 Å². The summed E-state index contributed by atoms with van der Waals surface area (Å²) in [5, 5.41) is 6.52. The Labute approximate surface area is 102 Å². The fraction of sp³-hybridized carbons (Fsp3) is 0.700. The van der Waals surface area contributed by atoms with E-state index in [9.17, 15) is 8.42 Å². The van der Waals surface area contributed by atoms with Crippen molar-refractivity contribution >= 4 is 10.0 Å². The van der Waals surface area contributed by atoms with Gasteiger partial charge >= 0.3 is 0 Å². The smallest absolute Gasteiger partial charge is 0.244 e. The topological polar surface area (TPSA) is 101 Å². The Hall–Kier alpha value is -0.920. The van der Waals surface area contributed by atoms with Crippen LogP contribution in [0.3, 0.4) is 0 Å². The molecule has 0 fully saturated rings. The van der Waals surface area contributed by atoms with Crippen LogP contribution in [0, 0.1) is 12.8 Å². The number of aromatic amines is 1. The summed E-state index contributed by atoms with van der Waals surface area (Å²) >= 11 is 0. The summed E-state index contributed by atoms with van der Waals surface area (Å²) in [6.45, 7) is 6.29. The molecule has 0 aliphatic heterocycles. The van der Waals surface area contributed by atoms with Gasteiger partial charge in [0.15, 0.2) is 0 Å². The zero-order valence-electron chi connectivity index (χ0n) is 10.4. The van der Waals surface area contributed by atoms with Gasteiger partial charge in [0, 0.05) is 13.1 Å². The second-order valence-electron chi connectivity index (χ2n) is 4.41. The number of aryl methyl sites for hydroxylation is 1. The van der Waals surface area contributed by atoms with E-state index in [1.807, 2.05) is 13.8 Å². The van der Waals surface area contributed by atoms with Gasteiger partial charge in [0.2, 0.25) is 10.0 Å². The summed E-state index contributed by atoms with van der Waals surface area (Å²) in [5.74, 6) is 0.456. The molecule has 0 spiro atoms. The number of aromatic nitrogens is 2. The molecule has 0 aliphatic carbocycles. The molecule has 17 heavy (non-hydrogen) atoms. The van der Waals surface area contributed by atoms with E-state index < -0.39 is 10.0 Å². The van der Waals surface area contributed by atoms with Crippen LogP contribution in [0.5, 0.6) is 0 Å². The van der Waals surface area contributed by atoms with E-state index in [1.165, 1.54) is 0 Å². The van der Waals surface area contributed by atoms with Crippen LogP contribution in [0.4, 0.5) is 0 Å². The summed E-state index contributed by atoms with van der Waals surface area (Å²) in [6, 6.07) is 0. The third kappa shape index (κ3) is 3.52. The predicted octanol–water partition coefficient (Wildman–Crippen LogP) is 0.501. The largest absolute Gasteiger partial charge is 0.325 e. The maximum absolute atomic E-state index is 12.0. The number of sulfonamides is 1. The number of hydrogen-bond donors (Lipinski definition) is 3. The van der Waals surface area contributed by atoms with E-state index in [2.05, 4.69) is 14.9 Å². The standard InChI is InChI=1S/C10H20N4O2S/c1-7(2)4-5-12-17(15,16)10-8(3)13-14-9(10)6-11/h7,12H,4-6,11H2,1-3H3,(H,13,14). The van der Waals surface area contributed by atoms with Crippen molar-refractivity contribution in [2.45, 2.75) is 38.6 Å². The third-order valence-corrected chi connectivity index (χ3v) is 4.10. The molecule has 0 saturated carbocycles. The Morgan fingerprint density at radius 3 is 2.65 bits per heavy atom. The van der Waals surface area contributed by atoms with Gasteiger partial charge in [-0.25, -0.2) is 13.1 Å². The highest BCUT2D eigenvalue weighted by Crippen LogP contribution is 2.16. The summed E-state index contributed by atoms with van der Waals surface area (Å²) in [7, 11) is -3.51. The van der Waals surface area contributed by atoms with Crippen LogP contribution in [0.15, 0.2) is 4.90 Å². The van der Waals surface area contributed by atoms with Crippen molar-refractivity contribution in [2.75, 3.05) is 6.54 Å². The molecule has 1 aromatic rings. The molecular formula is C10H20N4O2S. The number of nitrogens with zero attached hydrogens (tertiary/aromatic N) is 1. The zero-order chi connectivity index (χ0) is 13.1. The molecule has 0 unspecified atom stereocenters. The van der Waals surface area contributed by atoms with Gasteiger partial charge in [-0.1, -0.05) is 13.8 Å². The molecule has 1 rings (SSSR count). The SMILES string of the molecule is Cc1[nH]nc(CN)c1S(=O)(=O)NCCC(C)C. The lowest BCUT2D eigenvalue weighted by molar-refractivity contribution is 0.550. The molecule has 0 radical (unpaired) electrons. The summed E-state index contributed by atoms with van der Waals surface area (Å²) in [4.78, 5) is 0.184. The fourth-order valence-corrected chi connectivity index (χ4v) is 2.94. The van der Waals surface area contributed by atoms with Crippen molar-refractivity contribution in [3.63, 3.8) is 0 Å². The van der Waals surface area contributed by atoms with E-state index in [4.69, 9.17) is 5.73 Å². The van der Waals surface area contributed by atoms with Crippen LogP contribution in [0.1, 0.15) is 31.7 Å². The second-order valence-corrected chi connectivity index (χ2v) is 6.11. The maximum Gasteiger partial charge on any atom is 0.244 e. The van der Waals surface area contributed by atoms with Gasteiger partial charge < -0.3 is 5.73 Å². The first-order valence-electron chi connectivity index (χ1n) is 5.62. The van der Waals surface area contributed by atoms with Gasteiger partial charge in [-0.15, -0.1) is 0 Å². The van der Waals surface area contributed by atoms with E-state index >= 15 is 0 Å². The van der Waals surface area contributed by atoms with E-state index in [0.29, 0.717) is 23.9 Å².